The van der Waals surface area contributed by atoms with Gasteiger partial charge >= 0.3 is 5.97 Å². The molecule has 0 bridgehead atoms. The molecule has 3 rings (SSSR count). The Morgan fingerprint density at radius 2 is 1.91 bits per heavy atom. The summed E-state index contributed by atoms with van der Waals surface area (Å²) in [7, 11) is -1.20. The molecule has 190 valence electrons. The van der Waals surface area contributed by atoms with Gasteiger partial charge in [0.15, 0.2) is 0 Å². The molecule has 11 nitrogen and oxygen atoms in total. The molecule has 0 aliphatic carbocycles. The lowest BCUT2D eigenvalue weighted by Crippen LogP contribution is -2.18. The van der Waals surface area contributed by atoms with Crippen LogP contribution >= 0.6 is 22.9 Å². The number of hydrogen-bond acceptors (Lipinski definition) is 10. The minimum Gasteiger partial charge on any atom is -0.497 e. The van der Waals surface area contributed by atoms with E-state index in [1.165, 1.54) is 32.6 Å². The molecule has 0 aliphatic rings. The van der Waals surface area contributed by atoms with Crippen LogP contribution < -0.4 is 19.5 Å². The monoisotopic (exact) mass is 545 g/mol. The van der Waals surface area contributed by atoms with Crippen LogP contribution in [-0.4, -0.2) is 46.3 Å². The highest BCUT2D eigenvalue weighted by atomic mass is 35.5. The molecule has 0 fully saturated rings. The summed E-state index contributed by atoms with van der Waals surface area (Å²) in [5, 5.41) is 7.77. The van der Waals surface area contributed by atoms with E-state index in [4.69, 9.17) is 25.6 Å². The van der Waals surface area contributed by atoms with Gasteiger partial charge in [0, 0.05) is 13.0 Å². The zero-order chi connectivity index (χ0) is 26.2. The fraction of sp³-hybridized carbons (Fsp3) is 0.286. The van der Waals surface area contributed by atoms with Crippen molar-refractivity contribution in [1.29, 1.82) is 0 Å². The van der Waals surface area contributed by atoms with E-state index in [0.717, 1.165) is 11.3 Å². The first-order valence-electron chi connectivity index (χ1n) is 9.92. The number of methoxy groups -OCH3 is 2. The lowest BCUT2D eigenvalue weighted by molar-refractivity contribution is -0.140. The second kappa shape index (κ2) is 12.4. The standard InChI is InChI=1S/C17H16ClN3O6S2.C4H8O2/c1-9-14(18)17(27-20-9)21-29(23,24)13-6-7-28-15(13)16(22)19-11-5-4-10(25-2)8-12(11)26-3;1-3-6-4(2)5/h4-8,21H,1-3H3,(H,19,22);3H2,1-2H3. The first kappa shape index (κ1) is 28.0. The maximum absolute atomic E-state index is 12.7. The molecule has 2 N–H and O–H groups in total. The molecule has 0 radical (unpaired) electrons. The van der Waals surface area contributed by atoms with Gasteiger partial charge in [0.1, 0.15) is 32.0 Å². The normalized spacial score (nSPS) is 10.6. The second-order valence-corrected chi connectivity index (χ2v) is 9.52. The topological polar surface area (TPSA) is 146 Å². The zero-order valence-electron chi connectivity index (χ0n) is 19.5. The van der Waals surface area contributed by atoms with Gasteiger partial charge in [-0.05, 0) is 37.4 Å². The van der Waals surface area contributed by atoms with E-state index in [9.17, 15) is 18.0 Å². The van der Waals surface area contributed by atoms with Crippen molar-refractivity contribution in [2.75, 3.05) is 30.9 Å². The molecular weight excluding hydrogens is 522 g/mol. The minimum absolute atomic E-state index is 0.0252. The highest BCUT2D eigenvalue weighted by Gasteiger charge is 2.27. The summed E-state index contributed by atoms with van der Waals surface area (Å²) in [6.07, 6.45) is 0. The van der Waals surface area contributed by atoms with Crippen molar-refractivity contribution in [3.63, 3.8) is 0 Å². The molecule has 0 saturated heterocycles. The number of carbonyl (C=O) groups excluding carboxylic acids is 2. The molecule has 1 aromatic carbocycles. The maximum atomic E-state index is 12.7. The third-order valence-electron chi connectivity index (χ3n) is 4.15. The van der Waals surface area contributed by atoms with Crippen molar-refractivity contribution >= 4 is 56.4 Å². The van der Waals surface area contributed by atoms with E-state index in [2.05, 4.69) is 19.9 Å². The molecule has 35 heavy (non-hydrogen) atoms. The molecule has 0 atom stereocenters. The summed E-state index contributed by atoms with van der Waals surface area (Å²) in [5.41, 5.74) is 0.691. The fourth-order valence-corrected chi connectivity index (χ4v) is 5.05. The molecule has 0 spiro atoms. The van der Waals surface area contributed by atoms with Crippen LogP contribution in [0.3, 0.4) is 0 Å². The van der Waals surface area contributed by atoms with Crippen LogP contribution in [0.1, 0.15) is 29.2 Å². The van der Waals surface area contributed by atoms with E-state index >= 15 is 0 Å². The predicted molar refractivity (Wildman–Crippen MR) is 131 cm³/mol. The minimum atomic E-state index is -4.14. The van der Waals surface area contributed by atoms with Crippen LogP contribution in [-0.2, 0) is 19.6 Å². The number of nitrogens with one attached hydrogen (secondary N) is 2. The quantitative estimate of drug-likeness (QED) is 0.394. The summed E-state index contributed by atoms with van der Waals surface area (Å²) in [6.45, 7) is 5.22. The fourth-order valence-electron chi connectivity index (χ4n) is 2.56. The van der Waals surface area contributed by atoms with Crippen LogP contribution in [0, 0.1) is 6.92 Å². The molecule has 3 aromatic rings. The van der Waals surface area contributed by atoms with Gasteiger partial charge in [-0.3, -0.25) is 9.59 Å². The van der Waals surface area contributed by atoms with E-state index in [1.807, 2.05) is 0 Å². The van der Waals surface area contributed by atoms with Crippen molar-refractivity contribution in [2.24, 2.45) is 0 Å². The molecule has 0 aliphatic heterocycles. The van der Waals surface area contributed by atoms with Crippen LogP contribution in [0.15, 0.2) is 39.1 Å². The van der Waals surface area contributed by atoms with E-state index in [0.29, 0.717) is 29.5 Å². The lowest BCUT2D eigenvalue weighted by Gasteiger charge is -2.12. The van der Waals surface area contributed by atoms with Crippen LogP contribution in [0.5, 0.6) is 11.5 Å². The number of aromatic nitrogens is 1. The smallest absolute Gasteiger partial charge is 0.302 e. The summed E-state index contributed by atoms with van der Waals surface area (Å²) in [4.78, 5) is 22.3. The molecule has 14 heteroatoms. The average Bonchev–Trinajstić information content (AvgIpc) is 3.43. The Balaban J connectivity index is 0.000000641. The molecule has 2 heterocycles. The number of aryl methyl sites for hydroxylation is 1. The second-order valence-electron chi connectivity index (χ2n) is 6.58. The highest BCUT2D eigenvalue weighted by Crippen LogP contribution is 2.32. The molecular formula is C21H24ClN3O8S2. The van der Waals surface area contributed by atoms with Crippen LogP contribution in [0.4, 0.5) is 11.6 Å². The number of sulfonamides is 1. The Morgan fingerprint density at radius 1 is 1.20 bits per heavy atom. The highest BCUT2D eigenvalue weighted by molar-refractivity contribution is 7.93. The number of anilines is 2. The van der Waals surface area contributed by atoms with Gasteiger partial charge in [-0.25, -0.2) is 13.1 Å². The van der Waals surface area contributed by atoms with Crippen LogP contribution in [0.2, 0.25) is 5.02 Å². The number of hydrogen-bond donors (Lipinski definition) is 2. The number of benzene rings is 1. The van der Waals surface area contributed by atoms with Gasteiger partial charge in [0.25, 0.3) is 21.8 Å². The molecule has 0 unspecified atom stereocenters. The number of carbonyl (C=O) groups is 2. The number of ether oxygens (including phenoxy) is 3. The summed E-state index contributed by atoms with van der Waals surface area (Å²) >= 11 is 6.93. The Bertz CT molecular complexity index is 1290. The Kier molecular flexibility index (Phi) is 9.92. The molecule has 1 amide bonds. The Labute approximate surface area is 211 Å². The van der Waals surface area contributed by atoms with Gasteiger partial charge < -0.3 is 24.1 Å². The summed E-state index contributed by atoms with van der Waals surface area (Å²) in [5.74, 6) is -0.150. The summed E-state index contributed by atoms with van der Waals surface area (Å²) in [6, 6.07) is 6.13. The van der Waals surface area contributed by atoms with Gasteiger partial charge in [0.2, 0.25) is 0 Å². The first-order valence-corrected chi connectivity index (χ1v) is 12.7. The number of halogens is 1. The van der Waals surface area contributed by atoms with Crippen molar-refractivity contribution in [1.82, 2.24) is 5.16 Å². The number of rotatable bonds is 8. The van der Waals surface area contributed by atoms with Gasteiger partial charge in [-0.15, -0.1) is 11.3 Å². The van der Waals surface area contributed by atoms with Gasteiger partial charge in [-0.1, -0.05) is 16.8 Å². The van der Waals surface area contributed by atoms with Crippen molar-refractivity contribution in [3.8, 4) is 11.5 Å². The zero-order valence-corrected chi connectivity index (χ0v) is 21.9. The SMILES string of the molecule is CCOC(C)=O.COc1ccc(NC(=O)c2sccc2S(=O)(=O)Nc2onc(C)c2Cl)c(OC)c1. The average molecular weight is 546 g/mol. The third kappa shape index (κ3) is 7.34. The molecule has 2 aromatic heterocycles. The lowest BCUT2D eigenvalue weighted by atomic mass is 10.2. The van der Waals surface area contributed by atoms with E-state index in [-0.39, 0.29) is 26.6 Å². The van der Waals surface area contributed by atoms with Gasteiger partial charge in [-0.2, -0.15) is 0 Å². The first-order chi connectivity index (χ1) is 16.5. The van der Waals surface area contributed by atoms with Crippen molar-refractivity contribution in [2.45, 2.75) is 25.7 Å². The molecule has 0 saturated carbocycles. The van der Waals surface area contributed by atoms with Crippen LogP contribution in [0.25, 0.3) is 0 Å². The largest absolute Gasteiger partial charge is 0.497 e. The summed E-state index contributed by atoms with van der Waals surface area (Å²) < 4.78 is 47.3. The Hall–Kier alpha value is -3.29. The third-order valence-corrected chi connectivity index (χ3v) is 7.01. The number of amides is 1. The van der Waals surface area contributed by atoms with Crippen molar-refractivity contribution < 1.29 is 36.7 Å². The predicted octanol–water partition coefficient (Wildman–Crippen LogP) is 4.34. The number of esters is 1. The van der Waals surface area contributed by atoms with E-state index < -0.39 is 15.9 Å². The number of thiophene rings is 1. The van der Waals surface area contributed by atoms with Gasteiger partial charge in [0.05, 0.1) is 26.5 Å². The van der Waals surface area contributed by atoms with E-state index in [1.54, 1.807) is 32.0 Å². The number of nitrogens with zero attached hydrogens (tertiary/aromatic N) is 1. The van der Waals surface area contributed by atoms with Crippen molar-refractivity contribution in [3.05, 3.63) is 45.2 Å². The maximum Gasteiger partial charge on any atom is 0.302 e. The Morgan fingerprint density at radius 3 is 2.43 bits per heavy atom.